The molecule has 1 saturated carbocycles. The van der Waals surface area contributed by atoms with Crippen LogP contribution in [0.5, 0.6) is 0 Å². The van der Waals surface area contributed by atoms with Gasteiger partial charge in [0.15, 0.2) is 0 Å². The summed E-state index contributed by atoms with van der Waals surface area (Å²) in [6.07, 6.45) is 3.81. The van der Waals surface area contributed by atoms with Crippen molar-refractivity contribution >= 4 is 5.78 Å². The van der Waals surface area contributed by atoms with Gasteiger partial charge in [-0.1, -0.05) is 34.6 Å². The summed E-state index contributed by atoms with van der Waals surface area (Å²) in [6.45, 7) is 18.3. The van der Waals surface area contributed by atoms with Crippen LogP contribution in [-0.2, 0) is 4.79 Å². The predicted octanol–water partition coefficient (Wildman–Crippen LogP) is 4.53. The van der Waals surface area contributed by atoms with E-state index in [2.05, 4.69) is 53.4 Å². The Balaban J connectivity index is 2.46. The van der Waals surface area contributed by atoms with E-state index in [0.29, 0.717) is 35.1 Å². The van der Waals surface area contributed by atoms with Crippen LogP contribution in [0.15, 0.2) is 0 Å². The van der Waals surface area contributed by atoms with Crippen LogP contribution in [0.4, 0.5) is 0 Å². The van der Waals surface area contributed by atoms with Crippen LogP contribution in [-0.4, -0.2) is 28.8 Å². The Hall–Kier alpha value is -0.370. The van der Waals surface area contributed by atoms with E-state index in [1.807, 2.05) is 0 Å². The Morgan fingerprint density at radius 1 is 1.19 bits per heavy atom. The van der Waals surface area contributed by atoms with E-state index in [1.54, 1.807) is 6.92 Å². The number of rotatable bonds is 2. The number of carbonyl (C=O) groups is 1. The van der Waals surface area contributed by atoms with E-state index >= 15 is 0 Å². The van der Waals surface area contributed by atoms with Gasteiger partial charge in [0.1, 0.15) is 5.78 Å². The van der Waals surface area contributed by atoms with Gasteiger partial charge in [0, 0.05) is 12.1 Å². The van der Waals surface area contributed by atoms with Crippen molar-refractivity contribution in [2.24, 2.45) is 22.7 Å². The molecule has 0 amide bonds. The highest BCUT2D eigenvalue weighted by molar-refractivity contribution is 5.83. The third-order valence-electron chi connectivity index (χ3n) is 6.25. The molecule has 0 radical (unpaired) electrons. The summed E-state index contributed by atoms with van der Waals surface area (Å²) in [5, 5.41) is 0. The second kappa shape index (κ2) is 5.37. The molecule has 4 atom stereocenters. The quantitative estimate of drug-likeness (QED) is 0.746. The summed E-state index contributed by atoms with van der Waals surface area (Å²) in [5.74, 6) is 1.68. The number of fused-ring (bicyclic) bond motifs is 1. The van der Waals surface area contributed by atoms with Gasteiger partial charge < -0.3 is 0 Å². The lowest BCUT2D eigenvalue weighted by molar-refractivity contribution is -0.125. The van der Waals surface area contributed by atoms with Crippen molar-refractivity contribution in [2.75, 3.05) is 0 Å². The van der Waals surface area contributed by atoms with Crippen LogP contribution in [0.3, 0.4) is 0 Å². The van der Waals surface area contributed by atoms with Crippen LogP contribution >= 0.6 is 0 Å². The molecular formula is C19H35NO. The summed E-state index contributed by atoms with van der Waals surface area (Å²) in [5.41, 5.74) is 0.523. The molecular weight excluding hydrogens is 258 g/mol. The maximum atomic E-state index is 12.4. The molecule has 2 nitrogen and oxygen atoms in total. The molecule has 21 heavy (non-hydrogen) atoms. The minimum absolute atomic E-state index is 0.0839. The summed E-state index contributed by atoms with van der Waals surface area (Å²) >= 11 is 0. The summed E-state index contributed by atoms with van der Waals surface area (Å²) in [4.78, 5) is 15.0. The molecule has 1 saturated heterocycles. The standard InChI is InChI=1S/C19H35NO/c1-12(2)20-15-9-10-18(5,6)11-13(3)16(15)19(7,8)17(20)14(4)21/h12-13,15-17H,9-11H2,1-8H3. The van der Waals surface area contributed by atoms with Gasteiger partial charge in [0.2, 0.25) is 0 Å². The second-order valence-corrected chi connectivity index (χ2v) is 9.35. The normalized spacial score (nSPS) is 39.1. The van der Waals surface area contributed by atoms with Crippen molar-refractivity contribution in [2.45, 2.75) is 92.8 Å². The van der Waals surface area contributed by atoms with Crippen molar-refractivity contribution < 1.29 is 4.79 Å². The van der Waals surface area contributed by atoms with Gasteiger partial charge in [-0.2, -0.15) is 0 Å². The molecule has 2 heteroatoms. The lowest BCUT2D eigenvalue weighted by Crippen LogP contribution is -2.48. The number of hydrogen-bond donors (Lipinski definition) is 0. The van der Waals surface area contributed by atoms with E-state index in [0.717, 1.165) is 0 Å². The van der Waals surface area contributed by atoms with Crippen LogP contribution in [0.2, 0.25) is 0 Å². The van der Waals surface area contributed by atoms with Crippen molar-refractivity contribution in [3.63, 3.8) is 0 Å². The Labute approximate surface area is 131 Å². The molecule has 0 spiro atoms. The topological polar surface area (TPSA) is 20.3 Å². The van der Waals surface area contributed by atoms with Gasteiger partial charge in [-0.05, 0) is 62.7 Å². The fraction of sp³-hybridized carbons (Fsp3) is 0.947. The number of carbonyl (C=O) groups excluding carboxylic acids is 1. The van der Waals surface area contributed by atoms with Gasteiger partial charge >= 0.3 is 0 Å². The largest absolute Gasteiger partial charge is 0.298 e. The lowest BCUT2D eigenvalue weighted by Gasteiger charge is -2.37. The SMILES string of the molecule is CC(=O)C1N(C(C)C)C2CCC(C)(C)CC(C)C2C1(C)C. The zero-order chi connectivity index (χ0) is 16.2. The van der Waals surface area contributed by atoms with E-state index in [-0.39, 0.29) is 11.5 Å². The summed E-state index contributed by atoms with van der Waals surface area (Å²) in [6, 6.07) is 1.11. The van der Waals surface area contributed by atoms with Gasteiger partial charge in [-0.3, -0.25) is 9.69 Å². The molecule has 0 aromatic rings. The molecule has 2 aliphatic rings. The van der Waals surface area contributed by atoms with Gasteiger partial charge in [0.05, 0.1) is 6.04 Å². The fourth-order valence-electron chi connectivity index (χ4n) is 5.93. The van der Waals surface area contributed by atoms with Gasteiger partial charge in [-0.25, -0.2) is 0 Å². The zero-order valence-corrected chi connectivity index (χ0v) is 15.4. The molecule has 1 aliphatic heterocycles. The molecule has 0 aromatic carbocycles. The lowest BCUT2D eigenvalue weighted by atomic mass is 9.66. The highest BCUT2D eigenvalue weighted by Gasteiger charge is 2.58. The zero-order valence-electron chi connectivity index (χ0n) is 15.4. The third kappa shape index (κ3) is 2.81. The number of hydrogen-bond acceptors (Lipinski definition) is 2. The second-order valence-electron chi connectivity index (χ2n) is 9.35. The maximum absolute atomic E-state index is 12.4. The maximum Gasteiger partial charge on any atom is 0.147 e. The highest BCUT2D eigenvalue weighted by Crippen LogP contribution is 2.55. The highest BCUT2D eigenvalue weighted by atomic mass is 16.1. The average Bonchev–Trinajstić information content (AvgIpc) is 2.44. The first-order valence-electron chi connectivity index (χ1n) is 8.77. The number of Topliss-reactive ketones (excluding diaryl/α,β-unsaturated/α-hetero) is 1. The van der Waals surface area contributed by atoms with Crippen molar-refractivity contribution in [1.29, 1.82) is 0 Å². The van der Waals surface area contributed by atoms with E-state index in [9.17, 15) is 4.79 Å². The smallest absolute Gasteiger partial charge is 0.147 e. The molecule has 1 heterocycles. The van der Waals surface area contributed by atoms with Crippen LogP contribution in [0, 0.1) is 22.7 Å². The molecule has 0 aromatic heterocycles. The minimum Gasteiger partial charge on any atom is -0.298 e. The Morgan fingerprint density at radius 3 is 2.24 bits per heavy atom. The minimum atomic E-state index is 0.0839. The first kappa shape index (κ1) is 17.0. The fourth-order valence-corrected chi connectivity index (χ4v) is 5.93. The Morgan fingerprint density at radius 2 is 1.76 bits per heavy atom. The monoisotopic (exact) mass is 293 g/mol. The number of likely N-dealkylation sites (tertiary alicyclic amines) is 1. The van der Waals surface area contributed by atoms with Gasteiger partial charge in [0.25, 0.3) is 0 Å². The first-order chi connectivity index (χ1) is 9.49. The summed E-state index contributed by atoms with van der Waals surface area (Å²) in [7, 11) is 0. The number of ketones is 1. The van der Waals surface area contributed by atoms with Crippen LogP contribution in [0.25, 0.3) is 0 Å². The molecule has 122 valence electrons. The van der Waals surface area contributed by atoms with E-state index < -0.39 is 0 Å². The molecule has 2 rings (SSSR count). The van der Waals surface area contributed by atoms with Crippen molar-refractivity contribution in [1.82, 2.24) is 4.90 Å². The Kier molecular flexibility index (Phi) is 4.34. The average molecular weight is 293 g/mol. The summed E-state index contributed by atoms with van der Waals surface area (Å²) < 4.78 is 0. The van der Waals surface area contributed by atoms with E-state index in [1.165, 1.54) is 19.3 Å². The first-order valence-corrected chi connectivity index (χ1v) is 8.77. The van der Waals surface area contributed by atoms with Crippen LogP contribution < -0.4 is 0 Å². The van der Waals surface area contributed by atoms with Crippen molar-refractivity contribution in [3.05, 3.63) is 0 Å². The van der Waals surface area contributed by atoms with Crippen molar-refractivity contribution in [3.8, 4) is 0 Å². The molecule has 0 N–H and O–H groups in total. The molecule has 4 unspecified atom stereocenters. The molecule has 0 bridgehead atoms. The molecule has 1 aliphatic carbocycles. The van der Waals surface area contributed by atoms with Crippen LogP contribution in [0.1, 0.15) is 74.7 Å². The third-order valence-corrected chi connectivity index (χ3v) is 6.25. The van der Waals surface area contributed by atoms with Gasteiger partial charge in [-0.15, -0.1) is 0 Å². The number of nitrogens with zero attached hydrogens (tertiary/aromatic N) is 1. The predicted molar refractivity (Wildman–Crippen MR) is 89.3 cm³/mol. The molecule has 2 fully saturated rings. The van der Waals surface area contributed by atoms with E-state index in [4.69, 9.17) is 0 Å². The Bertz CT molecular complexity index is 410.